The van der Waals surface area contributed by atoms with E-state index in [1.807, 2.05) is 0 Å². The lowest BCUT2D eigenvalue weighted by Crippen LogP contribution is -2.39. The van der Waals surface area contributed by atoms with Crippen LogP contribution in [0.25, 0.3) is 0 Å². The molecule has 1 aliphatic rings. The van der Waals surface area contributed by atoms with E-state index in [4.69, 9.17) is 0 Å². The summed E-state index contributed by atoms with van der Waals surface area (Å²) in [5, 5.41) is 0. The predicted octanol–water partition coefficient (Wildman–Crippen LogP) is 2.87. The van der Waals surface area contributed by atoms with Gasteiger partial charge in [-0.3, -0.25) is 9.59 Å². The monoisotopic (exact) mass is 268 g/mol. The minimum absolute atomic E-state index is 0.155. The third-order valence-corrected chi connectivity index (χ3v) is 4.48. The minimum atomic E-state index is -0.285. The minimum Gasteiger partial charge on any atom is -0.285 e. The van der Waals surface area contributed by atoms with Crippen LogP contribution in [0.2, 0.25) is 0 Å². The van der Waals surface area contributed by atoms with Gasteiger partial charge in [-0.2, -0.15) is 0 Å². The first-order valence-electron chi connectivity index (χ1n) is 7.40. The number of benzene rings is 1. The maximum absolute atomic E-state index is 11.8. The highest BCUT2D eigenvalue weighted by atomic mass is 16.2. The fourth-order valence-electron chi connectivity index (χ4n) is 3.49. The topological polar surface area (TPSA) is 34.1 Å². The van der Waals surface area contributed by atoms with Gasteiger partial charge in [0.15, 0.2) is 0 Å². The molecule has 20 heavy (non-hydrogen) atoms. The molecule has 2 heteroatoms. The molecular formula is C18H20O2. The molecule has 0 fully saturated rings. The number of fused-ring (bicyclic) bond motifs is 1. The summed E-state index contributed by atoms with van der Waals surface area (Å²) in [6.07, 6.45) is 3.04. The van der Waals surface area contributed by atoms with E-state index in [0.29, 0.717) is 11.5 Å². The zero-order chi connectivity index (χ0) is 14.4. The smallest absolute Gasteiger partial charge is 0.230 e. The van der Waals surface area contributed by atoms with Gasteiger partial charge in [0, 0.05) is 17.0 Å². The van der Waals surface area contributed by atoms with Crippen LogP contribution < -0.4 is 10.9 Å². The van der Waals surface area contributed by atoms with Gasteiger partial charge >= 0.3 is 0 Å². The first kappa shape index (κ1) is 13.3. The van der Waals surface area contributed by atoms with Crippen LogP contribution in [-0.4, -0.2) is 0 Å². The molecular weight excluding hydrogens is 248 g/mol. The number of hydrogen-bond acceptors (Lipinski definition) is 2. The summed E-state index contributed by atoms with van der Waals surface area (Å²) in [6, 6.07) is 6.66. The van der Waals surface area contributed by atoms with Crippen molar-refractivity contribution in [2.45, 2.75) is 46.0 Å². The van der Waals surface area contributed by atoms with Crippen molar-refractivity contribution in [3.8, 4) is 0 Å². The van der Waals surface area contributed by atoms with Crippen LogP contribution in [0.1, 0.15) is 54.0 Å². The Morgan fingerprint density at radius 1 is 1.20 bits per heavy atom. The van der Waals surface area contributed by atoms with Gasteiger partial charge in [-0.15, -0.1) is 0 Å². The molecule has 3 rings (SSSR count). The molecule has 0 spiro atoms. The van der Waals surface area contributed by atoms with Gasteiger partial charge in [-0.05, 0) is 48.8 Å². The fourth-order valence-corrected chi connectivity index (χ4v) is 3.49. The van der Waals surface area contributed by atoms with Crippen LogP contribution in [0.15, 0.2) is 27.8 Å². The molecule has 0 N–H and O–H groups in total. The van der Waals surface area contributed by atoms with E-state index < -0.39 is 0 Å². The summed E-state index contributed by atoms with van der Waals surface area (Å²) >= 11 is 0. The molecule has 0 amide bonds. The molecule has 0 saturated carbocycles. The van der Waals surface area contributed by atoms with Crippen molar-refractivity contribution in [2.24, 2.45) is 5.92 Å². The standard InChI is InChI=1S/C18H20O2/c1-10(2)8-12-4-5-13-6-7-14(15(13)9-12)16-11(3)17(19)18(16)20/h4-5,9-10,14H,6-8H2,1-3H3. The second-order valence-corrected chi connectivity index (χ2v) is 6.42. The Kier molecular flexibility index (Phi) is 3.12. The highest BCUT2D eigenvalue weighted by Crippen LogP contribution is 2.38. The van der Waals surface area contributed by atoms with Gasteiger partial charge in [0.25, 0.3) is 0 Å². The second kappa shape index (κ2) is 4.69. The number of rotatable bonds is 3. The fraction of sp³-hybridized carbons (Fsp3) is 0.444. The van der Waals surface area contributed by atoms with Crippen LogP contribution in [-0.2, 0) is 12.8 Å². The molecule has 0 radical (unpaired) electrons. The van der Waals surface area contributed by atoms with Crippen LogP contribution >= 0.6 is 0 Å². The van der Waals surface area contributed by atoms with Gasteiger partial charge < -0.3 is 0 Å². The van der Waals surface area contributed by atoms with Gasteiger partial charge in [0.1, 0.15) is 0 Å². The molecule has 1 aliphatic carbocycles. The van der Waals surface area contributed by atoms with E-state index >= 15 is 0 Å². The molecule has 2 aromatic carbocycles. The van der Waals surface area contributed by atoms with E-state index in [-0.39, 0.29) is 16.8 Å². The average molecular weight is 268 g/mol. The lowest BCUT2D eigenvalue weighted by Gasteiger charge is -2.17. The molecule has 1 unspecified atom stereocenters. The Morgan fingerprint density at radius 2 is 1.95 bits per heavy atom. The lowest BCUT2D eigenvalue weighted by molar-refractivity contribution is 0.646. The summed E-state index contributed by atoms with van der Waals surface area (Å²) in [4.78, 5) is 23.3. The van der Waals surface area contributed by atoms with Gasteiger partial charge in [-0.25, -0.2) is 0 Å². The Bertz CT molecular complexity index is 730. The molecule has 0 aromatic heterocycles. The molecule has 0 saturated heterocycles. The predicted molar refractivity (Wildman–Crippen MR) is 81.2 cm³/mol. The van der Waals surface area contributed by atoms with Crippen molar-refractivity contribution < 1.29 is 0 Å². The van der Waals surface area contributed by atoms with Crippen molar-refractivity contribution in [3.05, 3.63) is 66.5 Å². The quantitative estimate of drug-likeness (QED) is 0.802. The Morgan fingerprint density at radius 3 is 2.60 bits per heavy atom. The lowest BCUT2D eigenvalue weighted by atomic mass is 9.85. The number of aryl methyl sites for hydroxylation is 1. The second-order valence-electron chi connectivity index (χ2n) is 6.42. The van der Waals surface area contributed by atoms with Crippen molar-refractivity contribution in [2.75, 3.05) is 0 Å². The highest BCUT2D eigenvalue weighted by molar-refractivity contribution is 5.48. The average Bonchev–Trinajstić information content (AvgIpc) is 2.81. The van der Waals surface area contributed by atoms with E-state index in [2.05, 4.69) is 32.0 Å². The van der Waals surface area contributed by atoms with E-state index in [1.165, 1.54) is 16.7 Å². The Balaban J connectivity index is 2.01. The maximum Gasteiger partial charge on any atom is 0.230 e. The zero-order valence-corrected chi connectivity index (χ0v) is 12.3. The molecule has 0 heterocycles. The normalized spacial score (nSPS) is 17.9. The largest absolute Gasteiger partial charge is 0.285 e. The Labute approximate surface area is 119 Å². The van der Waals surface area contributed by atoms with Crippen molar-refractivity contribution in [1.82, 2.24) is 0 Å². The Hall–Kier alpha value is -1.70. The van der Waals surface area contributed by atoms with Crippen LogP contribution in [0.5, 0.6) is 0 Å². The molecule has 2 nitrogen and oxygen atoms in total. The summed E-state index contributed by atoms with van der Waals surface area (Å²) in [5.74, 6) is 0.781. The van der Waals surface area contributed by atoms with Gasteiger partial charge in [0.2, 0.25) is 10.9 Å². The van der Waals surface area contributed by atoms with Crippen LogP contribution in [0.4, 0.5) is 0 Å². The molecule has 1 atom stereocenters. The van der Waals surface area contributed by atoms with E-state index in [0.717, 1.165) is 24.8 Å². The first-order valence-corrected chi connectivity index (χ1v) is 7.40. The number of hydrogen-bond donors (Lipinski definition) is 0. The van der Waals surface area contributed by atoms with Gasteiger partial charge in [-0.1, -0.05) is 32.0 Å². The third-order valence-electron chi connectivity index (χ3n) is 4.48. The summed E-state index contributed by atoms with van der Waals surface area (Å²) in [6.45, 7) is 6.21. The summed E-state index contributed by atoms with van der Waals surface area (Å²) in [5.41, 5.74) is 4.87. The molecule has 2 aromatic rings. The summed E-state index contributed by atoms with van der Waals surface area (Å²) in [7, 11) is 0. The van der Waals surface area contributed by atoms with Crippen molar-refractivity contribution >= 4 is 0 Å². The van der Waals surface area contributed by atoms with Gasteiger partial charge in [0.05, 0.1) is 0 Å². The molecule has 0 bridgehead atoms. The van der Waals surface area contributed by atoms with Crippen LogP contribution in [0.3, 0.4) is 0 Å². The van der Waals surface area contributed by atoms with Crippen LogP contribution in [0, 0.1) is 12.8 Å². The zero-order valence-electron chi connectivity index (χ0n) is 12.3. The van der Waals surface area contributed by atoms with Crippen molar-refractivity contribution in [1.29, 1.82) is 0 Å². The van der Waals surface area contributed by atoms with E-state index in [9.17, 15) is 9.59 Å². The third kappa shape index (κ3) is 1.94. The molecule has 0 aliphatic heterocycles. The highest BCUT2D eigenvalue weighted by Gasteiger charge is 2.31. The maximum atomic E-state index is 11.8. The van der Waals surface area contributed by atoms with E-state index in [1.54, 1.807) is 6.92 Å². The molecule has 104 valence electrons. The first-order chi connectivity index (χ1) is 9.49. The summed E-state index contributed by atoms with van der Waals surface area (Å²) < 4.78 is 0. The van der Waals surface area contributed by atoms with Crippen molar-refractivity contribution in [3.63, 3.8) is 0 Å². The SMILES string of the molecule is Cc1c(C2CCc3ccc(CC(C)C)cc32)c(=O)c1=O.